The summed E-state index contributed by atoms with van der Waals surface area (Å²) in [5.41, 5.74) is 2.88. The van der Waals surface area contributed by atoms with Gasteiger partial charge in [0.05, 0.1) is 0 Å². The molecule has 128 valence electrons. The van der Waals surface area contributed by atoms with Crippen LogP contribution in [0.2, 0.25) is 5.15 Å². The van der Waals surface area contributed by atoms with Crippen LogP contribution in [0.5, 0.6) is 0 Å². The molecule has 0 saturated carbocycles. The zero-order valence-electron chi connectivity index (χ0n) is 13.9. The summed E-state index contributed by atoms with van der Waals surface area (Å²) in [6.07, 6.45) is 2.68. The number of fused-ring (bicyclic) bond motifs is 1. The number of carboxylic acid groups (broad SMARTS) is 1. The van der Waals surface area contributed by atoms with Gasteiger partial charge >= 0.3 is 5.97 Å². The van der Waals surface area contributed by atoms with Crippen molar-refractivity contribution in [2.24, 2.45) is 0 Å². The third-order valence-electron chi connectivity index (χ3n) is 4.19. The first kappa shape index (κ1) is 17.1. The number of likely N-dealkylation sites (N-methyl/N-ethyl adjacent to an activating group) is 1. The Morgan fingerprint density at radius 3 is 2.56 bits per heavy atom. The number of aliphatic carboxylic acids is 1. The van der Waals surface area contributed by atoms with Gasteiger partial charge < -0.3 is 14.6 Å². The van der Waals surface area contributed by atoms with Crippen molar-refractivity contribution in [1.29, 1.82) is 0 Å². The molecule has 0 amide bonds. The standard InChI is InChI=1S/C20H19ClN2O2/c1-22(15-7-3-2-4-8-15)13-14-23-18-10-6-5-9-16(18)17(20(23)21)11-12-19(24)25/h2-12H,13-14H2,1H3,(H,24,25)/b12-11+. The van der Waals surface area contributed by atoms with E-state index in [9.17, 15) is 4.79 Å². The minimum atomic E-state index is -0.989. The number of anilines is 1. The predicted octanol–water partition coefficient (Wildman–Crippen LogP) is 4.53. The van der Waals surface area contributed by atoms with Crippen molar-refractivity contribution in [3.8, 4) is 0 Å². The second kappa shape index (κ2) is 7.45. The predicted molar refractivity (Wildman–Crippen MR) is 103 cm³/mol. The van der Waals surface area contributed by atoms with E-state index in [1.165, 1.54) is 0 Å². The van der Waals surface area contributed by atoms with Gasteiger partial charge in [0, 0.05) is 48.4 Å². The third kappa shape index (κ3) is 3.69. The molecular weight excluding hydrogens is 336 g/mol. The van der Waals surface area contributed by atoms with Crippen LogP contribution in [0.3, 0.4) is 0 Å². The normalized spacial score (nSPS) is 11.3. The van der Waals surface area contributed by atoms with E-state index in [4.69, 9.17) is 16.7 Å². The number of rotatable bonds is 6. The smallest absolute Gasteiger partial charge is 0.328 e. The van der Waals surface area contributed by atoms with Gasteiger partial charge in [0.2, 0.25) is 0 Å². The molecule has 5 heteroatoms. The van der Waals surface area contributed by atoms with E-state index < -0.39 is 5.97 Å². The Hall–Kier alpha value is -2.72. The minimum Gasteiger partial charge on any atom is -0.478 e. The van der Waals surface area contributed by atoms with Crippen LogP contribution in [-0.4, -0.2) is 29.2 Å². The SMILES string of the molecule is CN(CCn1c(Cl)c(/C=C/C(=O)O)c2ccccc21)c1ccccc1. The van der Waals surface area contributed by atoms with Gasteiger partial charge in [-0.2, -0.15) is 0 Å². The molecular formula is C20H19ClN2O2. The molecule has 0 bridgehead atoms. The van der Waals surface area contributed by atoms with Gasteiger partial charge in [-0.15, -0.1) is 0 Å². The topological polar surface area (TPSA) is 45.5 Å². The summed E-state index contributed by atoms with van der Waals surface area (Å²) in [6.45, 7) is 1.48. The zero-order chi connectivity index (χ0) is 17.8. The summed E-state index contributed by atoms with van der Waals surface area (Å²) in [4.78, 5) is 13.0. The second-order valence-corrected chi connectivity index (χ2v) is 6.16. The lowest BCUT2D eigenvalue weighted by Crippen LogP contribution is -2.22. The van der Waals surface area contributed by atoms with Crippen LogP contribution < -0.4 is 4.90 Å². The number of nitrogens with zero attached hydrogens (tertiary/aromatic N) is 2. The number of aromatic nitrogens is 1. The largest absolute Gasteiger partial charge is 0.478 e. The van der Waals surface area contributed by atoms with Crippen LogP contribution in [0, 0.1) is 0 Å². The van der Waals surface area contributed by atoms with Crippen LogP contribution in [0.15, 0.2) is 60.7 Å². The molecule has 1 heterocycles. The molecule has 0 unspecified atom stereocenters. The van der Waals surface area contributed by atoms with Gasteiger partial charge in [0.1, 0.15) is 5.15 Å². The number of benzene rings is 2. The maximum Gasteiger partial charge on any atom is 0.328 e. The fourth-order valence-corrected chi connectivity index (χ4v) is 3.23. The van der Waals surface area contributed by atoms with Gasteiger partial charge in [-0.25, -0.2) is 4.79 Å². The van der Waals surface area contributed by atoms with Crippen molar-refractivity contribution < 1.29 is 9.90 Å². The average Bonchev–Trinajstić information content (AvgIpc) is 2.89. The highest BCUT2D eigenvalue weighted by Crippen LogP contribution is 2.31. The van der Waals surface area contributed by atoms with E-state index in [1.807, 2.05) is 54.1 Å². The average molecular weight is 355 g/mol. The number of para-hydroxylation sites is 2. The summed E-state index contributed by atoms with van der Waals surface area (Å²) < 4.78 is 2.03. The maximum absolute atomic E-state index is 10.9. The van der Waals surface area contributed by atoms with Crippen molar-refractivity contribution in [1.82, 2.24) is 4.57 Å². The summed E-state index contributed by atoms with van der Waals surface area (Å²) in [7, 11) is 2.04. The first-order valence-electron chi connectivity index (χ1n) is 8.02. The van der Waals surface area contributed by atoms with Crippen LogP contribution in [-0.2, 0) is 11.3 Å². The van der Waals surface area contributed by atoms with E-state index in [-0.39, 0.29) is 0 Å². The Bertz CT molecular complexity index is 916. The van der Waals surface area contributed by atoms with Crippen LogP contribution in [0.25, 0.3) is 17.0 Å². The van der Waals surface area contributed by atoms with E-state index in [2.05, 4.69) is 17.0 Å². The highest BCUT2D eigenvalue weighted by Gasteiger charge is 2.14. The molecule has 1 N–H and O–H groups in total. The summed E-state index contributed by atoms with van der Waals surface area (Å²) in [5, 5.41) is 10.4. The summed E-state index contributed by atoms with van der Waals surface area (Å²) in [6, 6.07) is 18.0. The van der Waals surface area contributed by atoms with Crippen LogP contribution >= 0.6 is 11.6 Å². The fraction of sp³-hybridized carbons (Fsp3) is 0.150. The minimum absolute atomic E-state index is 0.556. The Morgan fingerprint density at radius 1 is 1.16 bits per heavy atom. The molecule has 0 aliphatic carbocycles. The van der Waals surface area contributed by atoms with E-state index in [0.29, 0.717) is 11.7 Å². The molecule has 2 aromatic carbocycles. The number of carbonyl (C=O) groups is 1. The molecule has 25 heavy (non-hydrogen) atoms. The molecule has 0 saturated heterocycles. The Balaban J connectivity index is 1.91. The lowest BCUT2D eigenvalue weighted by molar-refractivity contribution is -0.131. The molecule has 3 rings (SSSR count). The quantitative estimate of drug-likeness (QED) is 0.661. The maximum atomic E-state index is 10.9. The second-order valence-electron chi connectivity index (χ2n) is 5.80. The fourth-order valence-electron chi connectivity index (χ4n) is 2.89. The first-order chi connectivity index (χ1) is 12.1. The molecule has 4 nitrogen and oxygen atoms in total. The Labute approximate surface area is 151 Å². The number of halogens is 1. The monoisotopic (exact) mass is 354 g/mol. The van der Waals surface area contributed by atoms with Gasteiger partial charge in [-0.1, -0.05) is 48.0 Å². The molecule has 1 aromatic heterocycles. The van der Waals surface area contributed by atoms with E-state index in [1.54, 1.807) is 6.08 Å². The number of carboxylic acids is 1. The lowest BCUT2D eigenvalue weighted by atomic mass is 10.1. The van der Waals surface area contributed by atoms with E-state index in [0.717, 1.165) is 34.8 Å². The Morgan fingerprint density at radius 2 is 1.84 bits per heavy atom. The number of hydrogen-bond donors (Lipinski definition) is 1. The van der Waals surface area contributed by atoms with Crippen molar-refractivity contribution in [2.45, 2.75) is 6.54 Å². The summed E-state index contributed by atoms with van der Waals surface area (Å²) >= 11 is 6.57. The summed E-state index contributed by atoms with van der Waals surface area (Å²) in [5.74, 6) is -0.989. The molecule has 0 radical (unpaired) electrons. The molecule has 0 aliphatic rings. The molecule has 0 fully saturated rings. The first-order valence-corrected chi connectivity index (χ1v) is 8.39. The zero-order valence-corrected chi connectivity index (χ0v) is 14.6. The van der Waals surface area contributed by atoms with Gasteiger partial charge in [-0.3, -0.25) is 0 Å². The molecule has 3 aromatic rings. The van der Waals surface area contributed by atoms with Crippen molar-refractivity contribution in [2.75, 3.05) is 18.5 Å². The van der Waals surface area contributed by atoms with Crippen molar-refractivity contribution in [3.05, 3.63) is 71.4 Å². The van der Waals surface area contributed by atoms with Gasteiger partial charge in [-0.05, 0) is 24.3 Å². The van der Waals surface area contributed by atoms with Crippen LogP contribution in [0.4, 0.5) is 5.69 Å². The Kier molecular flexibility index (Phi) is 5.10. The van der Waals surface area contributed by atoms with E-state index >= 15 is 0 Å². The number of hydrogen-bond acceptors (Lipinski definition) is 2. The highest BCUT2D eigenvalue weighted by atomic mass is 35.5. The van der Waals surface area contributed by atoms with Gasteiger partial charge in [0.25, 0.3) is 0 Å². The third-order valence-corrected chi connectivity index (χ3v) is 4.60. The molecule has 0 aliphatic heterocycles. The molecule has 0 atom stereocenters. The highest BCUT2D eigenvalue weighted by molar-refractivity contribution is 6.33. The van der Waals surface area contributed by atoms with Crippen molar-refractivity contribution >= 4 is 40.2 Å². The van der Waals surface area contributed by atoms with Crippen LogP contribution in [0.1, 0.15) is 5.56 Å². The van der Waals surface area contributed by atoms with Gasteiger partial charge in [0.15, 0.2) is 0 Å². The molecule has 0 spiro atoms. The van der Waals surface area contributed by atoms with Crippen molar-refractivity contribution in [3.63, 3.8) is 0 Å². The lowest BCUT2D eigenvalue weighted by Gasteiger charge is -2.20.